The fourth-order valence-corrected chi connectivity index (χ4v) is 2.95. The van der Waals surface area contributed by atoms with Crippen molar-refractivity contribution in [2.75, 3.05) is 0 Å². The molecule has 0 aromatic heterocycles. The molecule has 0 spiro atoms. The van der Waals surface area contributed by atoms with Gasteiger partial charge in [-0.1, -0.05) is 79.4 Å². The van der Waals surface area contributed by atoms with Crippen molar-refractivity contribution in [2.24, 2.45) is 0 Å². The molecule has 0 N–H and O–H groups in total. The van der Waals surface area contributed by atoms with Crippen LogP contribution in [-0.4, -0.2) is 5.78 Å². The highest BCUT2D eigenvalue weighted by Gasteiger charge is 2.14. The molecule has 1 aliphatic rings. The lowest BCUT2D eigenvalue weighted by atomic mass is 9.84. The Morgan fingerprint density at radius 1 is 0.864 bits per heavy atom. The molecule has 1 fully saturated rings. The molecular formula is C21H26O. The van der Waals surface area contributed by atoms with Gasteiger partial charge in [0, 0.05) is 5.56 Å². The minimum atomic E-state index is 0.125. The summed E-state index contributed by atoms with van der Waals surface area (Å²) in [6.07, 6.45) is 7.12. The highest BCUT2D eigenvalue weighted by Crippen LogP contribution is 2.32. The zero-order chi connectivity index (χ0) is 15.8. The summed E-state index contributed by atoms with van der Waals surface area (Å²) in [7, 11) is 0. The van der Waals surface area contributed by atoms with Crippen LogP contribution in [0.15, 0.2) is 54.6 Å². The predicted octanol–water partition coefficient (Wildman–Crippen LogP) is 5.93. The Morgan fingerprint density at radius 2 is 1.45 bits per heavy atom. The van der Waals surface area contributed by atoms with Crippen LogP contribution < -0.4 is 0 Å². The Labute approximate surface area is 134 Å². The number of carbonyl (C=O) groups is 1. The first kappa shape index (κ1) is 16.5. The molecule has 0 amide bonds. The normalized spacial score (nSPS) is 14.8. The Kier molecular flexibility index (Phi) is 6.39. The molecule has 0 heterocycles. The molecule has 3 rings (SSSR count). The second-order valence-corrected chi connectivity index (χ2v) is 6.17. The van der Waals surface area contributed by atoms with Gasteiger partial charge in [0.05, 0.1) is 0 Å². The lowest BCUT2D eigenvalue weighted by molar-refractivity contribution is 0.101. The summed E-state index contributed by atoms with van der Waals surface area (Å²) in [4.78, 5) is 10.8. The van der Waals surface area contributed by atoms with Crippen LogP contribution in [0.2, 0.25) is 0 Å². The predicted molar refractivity (Wildman–Crippen MR) is 93.5 cm³/mol. The van der Waals surface area contributed by atoms with Crippen LogP contribution in [0, 0.1) is 6.92 Å². The smallest absolute Gasteiger partial charge is 0.159 e. The van der Waals surface area contributed by atoms with Gasteiger partial charge in [-0.2, -0.15) is 0 Å². The summed E-state index contributed by atoms with van der Waals surface area (Å²) in [5.74, 6) is 0.986. The van der Waals surface area contributed by atoms with Gasteiger partial charge in [0.15, 0.2) is 5.78 Å². The molecule has 0 radical (unpaired) electrons. The molecule has 2 aromatic carbocycles. The Morgan fingerprint density at radius 3 is 2.00 bits per heavy atom. The van der Waals surface area contributed by atoms with Crippen molar-refractivity contribution in [3.63, 3.8) is 0 Å². The average molecular weight is 294 g/mol. The van der Waals surface area contributed by atoms with Gasteiger partial charge in [0.2, 0.25) is 0 Å². The minimum absolute atomic E-state index is 0.125. The van der Waals surface area contributed by atoms with E-state index in [1.54, 1.807) is 12.5 Å². The molecule has 1 aliphatic carbocycles. The van der Waals surface area contributed by atoms with Crippen molar-refractivity contribution < 1.29 is 4.79 Å². The summed E-state index contributed by atoms with van der Waals surface area (Å²) in [5, 5.41) is 0. The van der Waals surface area contributed by atoms with Crippen LogP contribution in [-0.2, 0) is 0 Å². The van der Waals surface area contributed by atoms with E-state index in [1.807, 2.05) is 31.2 Å². The Balaban J connectivity index is 0.000000164. The molecule has 1 saturated carbocycles. The SMILES string of the molecule is CC(=O)c1ccc(C)cc1.c1ccc(C2CCCCC2)cc1. The van der Waals surface area contributed by atoms with Gasteiger partial charge >= 0.3 is 0 Å². The first-order valence-electron chi connectivity index (χ1n) is 8.29. The van der Waals surface area contributed by atoms with Gasteiger partial charge in [-0.25, -0.2) is 0 Å². The maximum absolute atomic E-state index is 10.8. The van der Waals surface area contributed by atoms with Gasteiger partial charge in [-0.3, -0.25) is 4.79 Å². The number of ketones is 1. The number of rotatable bonds is 2. The third-order valence-corrected chi connectivity index (χ3v) is 4.33. The van der Waals surface area contributed by atoms with E-state index in [1.165, 1.54) is 37.7 Å². The molecule has 0 unspecified atom stereocenters. The molecule has 1 nitrogen and oxygen atoms in total. The van der Waals surface area contributed by atoms with E-state index < -0.39 is 0 Å². The zero-order valence-corrected chi connectivity index (χ0v) is 13.7. The van der Waals surface area contributed by atoms with E-state index in [0.717, 1.165) is 11.5 Å². The number of benzene rings is 2. The summed E-state index contributed by atoms with van der Waals surface area (Å²) in [6.45, 7) is 3.58. The molecule has 0 saturated heterocycles. The van der Waals surface area contributed by atoms with E-state index in [0.29, 0.717) is 0 Å². The second kappa shape index (κ2) is 8.53. The number of hydrogen-bond acceptors (Lipinski definition) is 1. The maximum Gasteiger partial charge on any atom is 0.159 e. The van der Waals surface area contributed by atoms with Crippen molar-refractivity contribution >= 4 is 5.78 Å². The molecular weight excluding hydrogens is 268 g/mol. The van der Waals surface area contributed by atoms with Crippen LogP contribution in [0.3, 0.4) is 0 Å². The molecule has 0 aliphatic heterocycles. The molecule has 22 heavy (non-hydrogen) atoms. The first-order chi connectivity index (χ1) is 10.7. The van der Waals surface area contributed by atoms with Gasteiger partial charge in [0.25, 0.3) is 0 Å². The highest BCUT2D eigenvalue weighted by molar-refractivity contribution is 5.93. The van der Waals surface area contributed by atoms with Crippen molar-refractivity contribution in [2.45, 2.75) is 51.9 Å². The number of hydrogen-bond donors (Lipinski definition) is 0. The molecule has 0 atom stereocenters. The summed E-state index contributed by atoms with van der Waals surface area (Å²) in [5.41, 5.74) is 3.52. The van der Waals surface area contributed by atoms with Gasteiger partial charge in [-0.05, 0) is 38.2 Å². The standard InChI is InChI=1S/C12H16.C9H10O/c1-3-7-11(8-4-1)12-9-5-2-6-10-12;1-7-3-5-9(6-4-7)8(2)10/h1,3-4,7-8,12H,2,5-6,9-10H2;3-6H,1-2H3. The highest BCUT2D eigenvalue weighted by atomic mass is 16.1. The third-order valence-electron chi connectivity index (χ3n) is 4.33. The van der Waals surface area contributed by atoms with E-state index in [9.17, 15) is 4.79 Å². The molecule has 1 heteroatoms. The van der Waals surface area contributed by atoms with Gasteiger partial charge < -0.3 is 0 Å². The summed E-state index contributed by atoms with van der Waals surface area (Å²) < 4.78 is 0. The first-order valence-corrected chi connectivity index (χ1v) is 8.29. The zero-order valence-electron chi connectivity index (χ0n) is 13.7. The third kappa shape index (κ3) is 5.14. The van der Waals surface area contributed by atoms with Crippen molar-refractivity contribution in [1.82, 2.24) is 0 Å². The minimum Gasteiger partial charge on any atom is -0.295 e. The van der Waals surface area contributed by atoms with Crippen LogP contribution >= 0.6 is 0 Å². The van der Waals surface area contributed by atoms with E-state index in [4.69, 9.17) is 0 Å². The van der Waals surface area contributed by atoms with E-state index in [2.05, 4.69) is 30.3 Å². The number of Topliss-reactive ketones (excluding diaryl/α,β-unsaturated/α-hetero) is 1. The largest absolute Gasteiger partial charge is 0.295 e. The van der Waals surface area contributed by atoms with Crippen LogP contribution in [0.1, 0.15) is 66.4 Å². The fourth-order valence-electron chi connectivity index (χ4n) is 2.95. The molecule has 0 bridgehead atoms. The van der Waals surface area contributed by atoms with Crippen LogP contribution in [0.4, 0.5) is 0 Å². The quantitative estimate of drug-likeness (QED) is 0.627. The Bertz CT molecular complexity index is 563. The maximum atomic E-state index is 10.8. The average Bonchev–Trinajstić information content (AvgIpc) is 2.57. The Hall–Kier alpha value is -1.89. The lowest BCUT2D eigenvalue weighted by Gasteiger charge is -2.21. The van der Waals surface area contributed by atoms with E-state index in [-0.39, 0.29) is 5.78 Å². The molecule has 2 aromatic rings. The van der Waals surface area contributed by atoms with Gasteiger partial charge in [0.1, 0.15) is 0 Å². The summed E-state index contributed by atoms with van der Waals surface area (Å²) in [6, 6.07) is 18.5. The lowest BCUT2D eigenvalue weighted by Crippen LogP contribution is -2.03. The van der Waals surface area contributed by atoms with Crippen molar-refractivity contribution in [3.05, 3.63) is 71.3 Å². The van der Waals surface area contributed by atoms with Crippen LogP contribution in [0.25, 0.3) is 0 Å². The van der Waals surface area contributed by atoms with Gasteiger partial charge in [-0.15, -0.1) is 0 Å². The van der Waals surface area contributed by atoms with Crippen molar-refractivity contribution in [3.8, 4) is 0 Å². The van der Waals surface area contributed by atoms with Crippen LogP contribution in [0.5, 0.6) is 0 Å². The monoisotopic (exact) mass is 294 g/mol. The fraction of sp³-hybridized carbons (Fsp3) is 0.381. The number of carbonyl (C=O) groups excluding carboxylic acids is 1. The second-order valence-electron chi connectivity index (χ2n) is 6.17. The summed E-state index contributed by atoms with van der Waals surface area (Å²) >= 11 is 0. The van der Waals surface area contributed by atoms with Crippen molar-refractivity contribution in [1.29, 1.82) is 0 Å². The molecule has 116 valence electrons. The topological polar surface area (TPSA) is 17.1 Å². The number of aryl methyl sites for hydroxylation is 1. The van der Waals surface area contributed by atoms with E-state index >= 15 is 0 Å².